The maximum atomic E-state index is 12.2. The first kappa shape index (κ1) is 20.2. The van der Waals surface area contributed by atoms with E-state index in [9.17, 15) is 9.59 Å². The van der Waals surface area contributed by atoms with Crippen molar-refractivity contribution in [3.05, 3.63) is 59.1 Å². The number of piperidine rings is 1. The van der Waals surface area contributed by atoms with E-state index in [-0.39, 0.29) is 30.1 Å². The largest absolute Gasteiger partial charge is 0.326 e. The van der Waals surface area contributed by atoms with Gasteiger partial charge in [-0.05, 0) is 74.5 Å². The summed E-state index contributed by atoms with van der Waals surface area (Å²) in [6.07, 6.45) is 1.72. The van der Waals surface area contributed by atoms with Gasteiger partial charge in [0.05, 0.1) is 0 Å². The second kappa shape index (κ2) is 9.57. The molecule has 138 valence electrons. The topological polar surface area (TPSA) is 70.2 Å². The van der Waals surface area contributed by atoms with Crippen molar-refractivity contribution >= 4 is 47.2 Å². The molecule has 5 nitrogen and oxygen atoms in total. The highest BCUT2D eigenvalue weighted by molar-refractivity contribution is 6.30. The van der Waals surface area contributed by atoms with Crippen molar-refractivity contribution < 1.29 is 9.59 Å². The van der Waals surface area contributed by atoms with E-state index in [1.165, 1.54) is 0 Å². The summed E-state index contributed by atoms with van der Waals surface area (Å²) < 4.78 is 0. The van der Waals surface area contributed by atoms with Crippen LogP contribution in [0.2, 0.25) is 5.02 Å². The molecule has 0 spiro atoms. The second-order valence-corrected chi connectivity index (χ2v) is 6.49. The lowest BCUT2D eigenvalue weighted by Crippen LogP contribution is -2.34. The van der Waals surface area contributed by atoms with Crippen LogP contribution in [0.3, 0.4) is 0 Å². The maximum absolute atomic E-state index is 12.2. The molecule has 2 aromatic rings. The number of hydrogen-bond acceptors (Lipinski definition) is 3. The minimum Gasteiger partial charge on any atom is -0.326 e. The van der Waals surface area contributed by atoms with Crippen molar-refractivity contribution in [2.24, 2.45) is 5.92 Å². The molecule has 0 radical (unpaired) electrons. The molecule has 0 saturated carbocycles. The number of amides is 2. The average Bonchev–Trinajstić information content (AvgIpc) is 2.64. The van der Waals surface area contributed by atoms with E-state index in [2.05, 4.69) is 16.0 Å². The molecule has 2 aromatic carbocycles. The lowest BCUT2D eigenvalue weighted by molar-refractivity contribution is -0.120. The Morgan fingerprint density at radius 2 is 1.42 bits per heavy atom. The second-order valence-electron chi connectivity index (χ2n) is 6.05. The van der Waals surface area contributed by atoms with Gasteiger partial charge in [-0.1, -0.05) is 11.6 Å². The molecule has 1 saturated heterocycles. The summed E-state index contributed by atoms with van der Waals surface area (Å²) in [7, 11) is 0. The quantitative estimate of drug-likeness (QED) is 0.736. The highest BCUT2D eigenvalue weighted by Gasteiger charge is 2.20. The third kappa shape index (κ3) is 5.46. The number of benzene rings is 2. The van der Waals surface area contributed by atoms with Gasteiger partial charge in [-0.15, -0.1) is 12.4 Å². The van der Waals surface area contributed by atoms with Gasteiger partial charge in [0.2, 0.25) is 5.91 Å². The Hall–Kier alpha value is -2.08. The molecule has 26 heavy (non-hydrogen) atoms. The fraction of sp³-hybridized carbons (Fsp3) is 0.263. The Kier molecular flexibility index (Phi) is 7.45. The Morgan fingerprint density at radius 3 is 2.00 bits per heavy atom. The Labute approximate surface area is 163 Å². The maximum Gasteiger partial charge on any atom is 0.255 e. The van der Waals surface area contributed by atoms with Crippen LogP contribution >= 0.6 is 24.0 Å². The molecule has 3 rings (SSSR count). The van der Waals surface area contributed by atoms with E-state index >= 15 is 0 Å². The zero-order valence-electron chi connectivity index (χ0n) is 14.1. The van der Waals surface area contributed by atoms with Crippen LogP contribution in [0.4, 0.5) is 11.4 Å². The summed E-state index contributed by atoms with van der Waals surface area (Å²) in [6, 6.07) is 13.8. The van der Waals surface area contributed by atoms with E-state index in [0.29, 0.717) is 16.3 Å². The standard InChI is InChI=1S/C19H20ClN3O2.ClH/c20-15-3-1-13(2-4-15)18(24)22-16-5-7-17(8-6-16)23-19(25)14-9-11-21-12-10-14;/h1-8,14,21H,9-12H2,(H,22,24)(H,23,25);1H. The summed E-state index contributed by atoms with van der Waals surface area (Å²) >= 11 is 5.82. The summed E-state index contributed by atoms with van der Waals surface area (Å²) in [4.78, 5) is 24.4. The van der Waals surface area contributed by atoms with Gasteiger partial charge >= 0.3 is 0 Å². The molecule has 2 amide bonds. The number of anilines is 2. The first-order valence-electron chi connectivity index (χ1n) is 8.30. The predicted octanol–water partition coefficient (Wildman–Crippen LogP) is 3.95. The first-order chi connectivity index (χ1) is 12.1. The zero-order valence-corrected chi connectivity index (χ0v) is 15.7. The van der Waals surface area contributed by atoms with Gasteiger partial charge in [0.15, 0.2) is 0 Å². The molecule has 3 N–H and O–H groups in total. The van der Waals surface area contributed by atoms with Crippen LogP contribution in [-0.2, 0) is 4.79 Å². The molecule has 0 aromatic heterocycles. The molecule has 0 atom stereocenters. The highest BCUT2D eigenvalue weighted by Crippen LogP contribution is 2.18. The van der Waals surface area contributed by atoms with E-state index < -0.39 is 0 Å². The summed E-state index contributed by atoms with van der Waals surface area (Å²) in [5.41, 5.74) is 1.93. The molecule has 1 aliphatic heterocycles. The molecule has 0 unspecified atom stereocenters. The van der Waals surface area contributed by atoms with Gasteiger partial charge in [0.25, 0.3) is 5.91 Å². The van der Waals surface area contributed by atoms with Gasteiger partial charge < -0.3 is 16.0 Å². The normalized spacial score (nSPS) is 14.2. The number of rotatable bonds is 4. The van der Waals surface area contributed by atoms with Crippen LogP contribution < -0.4 is 16.0 Å². The van der Waals surface area contributed by atoms with Crippen molar-refractivity contribution in [3.63, 3.8) is 0 Å². The molecule has 0 aliphatic carbocycles. The van der Waals surface area contributed by atoms with Crippen LogP contribution in [0.25, 0.3) is 0 Å². The van der Waals surface area contributed by atoms with Crippen molar-refractivity contribution in [2.75, 3.05) is 23.7 Å². The molecular formula is C19H21Cl2N3O2. The van der Waals surface area contributed by atoms with Crippen molar-refractivity contribution in [1.29, 1.82) is 0 Å². The molecule has 1 heterocycles. The summed E-state index contributed by atoms with van der Waals surface area (Å²) in [5, 5.41) is 9.59. The smallest absolute Gasteiger partial charge is 0.255 e. The zero-order chi connectivity index (χ0) is 17.6. The van der Waals surface area contributed by atoms with Crippen LogP contribution in [0.15, 0.2) is 48.5 Å². The van der Waals surface area contributed by atoms with Gasteiger partial charge in [0, 0.05) is 27.9 Å². The molecule has 1 fully saturated rings. The van der Waals surface area contributed by atoms with Gasteiger partial charge in [0.1, 0.15) is 0 Å². The van der Waals surface area contributed by atoms with Gasteiger partial charge in [-0.25, -0.2) is 0 Å². The molecule has 0 bridgehead atoms. The number of halogens is 2. The minimum atomic E-state index is -0.205. The predicted molar refractivity (Wildman–Crippen MR) is 107 cm³/mol. The number of carbonyl (C=O) groups excluding carboxylic acids is 2. The number of nitrogens with one attached hydrogen (secondary N) is 3. The van der Waals surface area contributed by atoms with Crippen LogP contribution in [0, 0.1) is 5.92 Å². The third-order valence-electron chi connectivity index (χ3n) is 4.23. The molecular weight excluding hydrogens is 373 g/mol. The monoisotopic (exact) mass is 393 g/mol. The molecule has 1 aliphatic rings. The minimum absolute atomic E-state index is 0. The van der Waals surface area contributed by atoms with Gasteiger partial charge in [-0.3, -0.25) is 9.59 Å². The van der Waals surface area contributed by atoms with E-state index in [0.717, 1.165) is 31.6 Å². The number of carbonyl (C=O) groups is 2. The lowest BCUT2D eigenvalue weighted by atomic mass is 9.97. The summed E-state index contributed by atoms with van der Waals surface area (Å²) in [5.74, 6) is -0.0897. The number of hydrogen-bond donors (Lipinski definition) is 3. The average molecular weight is 394 g/mol. The first-order valence-corrected chi connectivity index (χ1v) is 8.68. The van der Waals surface area contributed by atoms with Gasteiger partial charge in [-0.2, -0.15) is 0 Å². The lowest BCUT2D eigenvalue weighted by Gasteiger charge is -2.21. The van der Waals surface area contributed by atoms with E-state index in [1.807, 2.05) is 0 Å². The SMILES string of the molecule is Cl.O=C(Nc1ccc(NC(=O)C2CCNCC2)cc1)c1ccc(Cl)cc1. The van der Waals surface area contributed by atoms with E-state index in [1.54, 1.807) is 48.5 Å². The van der Waals surface area contributed by atoms with Crippen LogP contribution in [-0.4, -0.2) is 24.9 Å². The highest BCUT2D eigenvalue weighted by atomic mass is 35.5. The summed E-state index contributed by atoms with van der Waals surface area (Å²) in [6.45, 7) is 1.77. The Morgan fingerprint density at radius 1 is 0.885 bits per heavy atom. The third-order valence-corrected chi connectivity index (χ3v) is 4.48. The van der Waals surface area contributed by atoms with Crippen molar-refractivity contribution in [3.8, 4) is 0 Å². The van der Waals surface area contributed by atoms with Crippen molar-refractivity contribution in [1.82, 2.24) is 5.32 Å². The van der Waals surface area contributed by atoms with Crippen LogP contribution in [0.5, 0.6) is 0 Å². The van der Waals surface area contributed by atoms with Crippen molar-refractivity contribution in [2.45, 2.75) is 12.8 Å². The van der Waals surface area contributed by atoms with E-state index in [4.69, 9.17) is 11.6 Å². The Balaban J connectivity index is 0.00000243. The fourth-order valence-electron chi connectivity index (χ4n) is 2.77. The Bertz CT molecular complexity index is 742. The van der Waals surface area contributed by atoms with Crippen LogP contribution in [0.1, 0.15) is 23.2 Å². The molecule has 7 heteroatoms. The fourth-order valence-corrected chi connectivity index (χ4v) is 2.90.